The van der Waals surface area contributed by atoms with Gasteiger partial charge in [0.05, 0.1) is 5.92 Å². The van der Waals surface area contributed by atoms with Crippen LogP contribution in [0, 0.1) is 0 Å². The van der Waals surface area contributed by atoms with Crippen LogP contribution in [0.4, 0.5) is 0 Å². The van der Waals surface area contributed by atoms with Gasteiger partial charge < -0.3 is 10.3 Å². The Kier molecular flexibility index (Phi) is 3.55. The minimum absolute atomic E-state index is 0.153. The zero-order valence-corrected chi connectivity index (χ0v) is 10.8. The fourth-order valence-corrected chi connectivity index (χ4v) is 2.64. The fraction of sp³-hybridized carbons (Fsp3) is 0.500. The van der Waals surface area contributed by atoms with Gasteiger partial charge in [-0.2, -0.15) is 4.98 Å². The van der Waals surface area contributed by atoms with Gasteiger partial charge in [0.25, 0.3) is 0 Å². The molecule has 0 spiro atoms. The van der Waals surface area contributed by atoms with E-state index in [4.69, 9.17) is 10.3 Å². The second kappa shape index (κ2) is 5.48. The fourth-order valence-electron chi connectivity index (χ4n) is 2.64. The molecule has 19 heavy (non-hydrogen) atoms. The second-order valence-corrected chi connectivity index (χ2v) is 5.14. The molecule has 2 unspecified atom stereocenters. The van der Waals surface area contributed by atoms with E-state index in [0.29, 0.717) is 18.1 Å². The molecule has 0 bridgehead atoms. The van der Waals surface area contributed by atoms with Crippen molar-refractivity contribution in [3.8, 4) is 0 Å². The van der Waals surface area contributed by atoms with Crippen LogP contribution in [0.1, 0.15) is 48.9 Å². The monoisotopic (exact) mass is 258 g/mol. The molecule has 0 saturated heterocycles. The summed E-state index contributed by atoms with van der Waals surface area (Å²) in [4.78, 5) is 8.58. The summed E-state index contributed by atoms with van der Waals surface area (Å²) in [5.41, 5.74) is 7.22. The van der Waals surface area contributed by atoms with Crippen molar-refractivity contribution in [3.63, 3.8) is 0 Å². The Morgan fingerprint density at radius 3 is 3.00 bits per heavy atom. The molecule has 1 aliphatic carbocycles. The Morgan fingerprint density at radius 1 is 1.32 bits per heavy atom. The summed E-state index contributed by atoms with van der Waals surface area (Å²) in [5, 5.41) is 4.05. The van der Waals surface area contributed by atoms with Crippen LogP contribution in [0.25, 0.3) is 0 Å². The largest absolute Gasteiger partial charge is 0.339 e. The van der Waals surface area contributed by atoms with Crippen LogP contribution in [-0.2, 0) is 6.42 Å². The van der Waals surface area contributed by atoms with E-state index in [1.807, 2.05) is 18.3 Å². The number of hydrogen-bond acceptors (Lipinski definition) is 5. The Labute approximate surface area is 112 Å². The number of nitrogens with zero attached hydrogens (tertiary/aromatic N) is 3. The third-order valence-corrected chi connectivity index (χ3v) is 3.71. The quantitative estimate of drug-likeness (QED) is 0.911. The molecular formula is C14H18N4O. The lowest BCUT2D eigenvalue weighted by atomic mass is 9.85. The molecule has 2 heterocycles. The summed E-state index contributed by atoms with van der Waals surface area (Å²) >= 11 is 0. The summed E-state index contributed by atoms with van der Waals surface area (Å²) in [6.45, 7) is 0. The van der Waals surface area contributed by atoms with E-state index in [1.54, 1.807) is 6.20 Å². The Hall–Kier alpha value is -1.75. The van der Waals surface area contributed by atoms with Crippen LogP contribution >= 0.6 is 0 Å². The average Bonchev–Trinajstić information content (AvgIpc) is 2.89. The zero-order valence-electron chi connectivity index (χ0n) is 10.8. The highest BCUT2D eigenvalue weighted by atomic mass is 16.5. The van der Waals surface area contributed by atoms with Crippen molar-refractivity contribution < 1.29 is 4.52 Å². The molecule has 2 atom stereocenters. The van der Waals surface area contributed by atoms with Gasteiger partial charge in [-0.15, -0.1) is 0 Å². The molecule has 0 amide bonds. The second-order valence-electron chi connectivity index (χ2n) is 5.14. The van der Waals surface area contributed by atoms with Gasteiger partial charge in [0.2, 0.25) is 5.89 Å². The summed E-state index contributed by atoms with van der Waals surface area (Å²) in [5.74, 6) is 1.63. The van der Waals surface area contributed by atoms with Crippen molar-refractivity contribution in [3.05, 3.63) is 41.8 Å². The molecule has 0 aliphatic heterocycles. The lowest BCUT2D eigenvalue weighted by molar-refractivity contribution is 0.289. The van der Waals surface area contributed by atoms with Gasteiger partial charge in [0, 0.05) is 24.9 Å². The van der Waals surface area contributed by atoms with Gasteiger partial charge in [-0.25, -0.2) is 0 Å². The molecular weight excluding hydrogens is 240 g/mol. The van der Waals surface area contributed by atoms with Crippen molar-refractivity contribution in [1.82, 2.24) is 15.1 Å². The summed E-state index contributed by atoms with van der Waals surface area (Å²) in [7, 11) is 0. The zero-order chi connectivity index (χ0) is 13.1. The first kappa shape index (κ1) is 12.3. The van der Waals surface area contributed by atoms with Crippen LogP contribution in [0.2, 0.25) is 0 Å². The topological polar surface area (TPSA) is 77.8 Å². The lowest BCUT2D eigenvalue weighted by Gasteiger charge is -2.25. The van der Waals surface area contributed by atoms with Crippen molar-refractivity contribution >= 4 is 0 Å². The summed E-state index contributed by atoms with van der Waals surface area (Å²) < 4.78 is 5.39. The van der Waals surface area contributed by atoms with Crippen molar-refractivity contribution in [2.75, 3.05) is 0 Å². The molecule has 3 rings (SSSR count). The third kappa shape index (κ3) is 2.81. The Balaban J connectivity index is 1.72. The van der Waals surface area contributed by atoms with Gasteiger partial charge in [-0.05, 0) is 24.5 Å². The van der Waals surface area contributed by atoms with Gasteiger partial charge in [0.15, 0.2) is 5.82 Å². The smallest absolute Gasteiger partial charge is 0.231 e. The minimum Gasteiger partial charge on any atom is -0.339 e. The van der Waals surface area contributed by atoms with Crippen LogP contribution in [0.3, 0.4) is 0 Å². The highest BCUT2D eigenvalue weighted by Gasteiger charge is 2.28. The van der Waals surface area contributed by atoms with Crippen LogP contribution in [-0.4, -0.2) is 21.2 Å². The van der Waals surface area contributed by atoms with E-state index in [9.17, 15) is 0 Å². The van der Waals surface area contributed by atoms with Crippen molar-refractivity contribution in [2.24, 2.45) is 5.73 Å². The maximum Gasteiger partial charge on any atom is 0.231 e. The third-order valence-electron chi connectivity index (χ3n) is 3.71. The molecule has 5 nitrogen and oxygen atoms in total. The SMILES string of the molecule is NC1CCCCC1c1nc(Cc2cccnc2)no1. The van der Waals surface area contributed by atoms with E-state index < -0.39 is 0 Å². The number of hydrogen-bond donors (Lipinski definition) is 1. The predicted octanol–water partition coefficient (Wildman–Crippen LogP) is 2.04. The maximum absolute atomic E-state index is 6.14. The molecule has 0 aromatic carbocycles. The highest BCUT2D eigenvalue weighted by Crippen LogP contribution is 2.30. The lowest BCUT2D eigenvalue weighted by Crippen LogP contribution is -2.31. The summed E-state index contributed by atoms with van der Waals surface area (Å²) in [6.07, 6.45) is 8.72. The van der Waals surface area contributed by atoms with Gasteiger partial charge in [-0.1, -0.05) is 24.1 Å². The highest BCUT2D eigenvalue weighted by molar-refractivity contribution is 5.14. The Morgan fingerprint density at radius 2 is 2.21 bits per heavy atom. The minimum atomic E-state index is 0.153. The first-order valence-corrected chi connectivity index (χ1v) is 6.80. The normalized spacial score (nSPS) is 23.4. The van der Waals surface area contributed by atoms with Gasteiger partial charge in [0.1, 0.15) is 0 Å². The molecule has 1 fully saturated rings. The standard InChI is InChI=1S/C14H18N4O/c15-12-6-2-1-5-11(12)14-17-13(18-19-14)8-10-4-3-7-16-9-10/h3-4,7,9,11-12H,1-2,5-6,8,15H2. The molecule has 1 aliphatic rings. The van der Waals surface area contributed by atoms with Gasteiger partial charge in [-0.3, -0.25) is 4.98 Å². The van der Waals surface area contributed by atoms with Crippen LogP contribution < -0.4 is 5.73 Å². The predicted molar refractivity (Wildman–Crippen MR) is 70.5 cm³/mol. The first-order valence-electron chi connectivity index (χ1n) is 6.80. The molecule has 2 aromatic rings. The van der Waals surface area contributed by atoms with Crippen LogP contribution in [0.15, 0.2) is 29.0 Å². The molecule has 0 radical (unpaired) electrons. The molecule has 1 saturated carbocycles. The van der Waals surface area contributed by atoms with Crippen molar-refractivity contribution in [1.29, 1.82) is 0 Å². The molecule has 2 N–H and O–H groups in total. The summed E-state index contributed by atoms with van der Waals surface area (Å²) in [6, 6.07) is 4.07. The van der Waals surface area contributed by atoms with Crippen LogP contribution in [0.5, 0.6) is 0 Å². The van der Waals surface area contributed by atoms with E-state index >= 15 is 0 Å². The first-order chi connectivity index (χ1) is 9.33. The number of pyridine rings is 1. The number of aromatic nitrogens is 3. The van der Waals surface area contributed by atoms with E-state index in [2.05, 4.69) is 15.1 Å². The van der Waals surface area contributed by atoms with E-state index in [1.165, 1.54) is 12.8 Å². The number of nitrogens with two attached hydrogens (primary N) is 1. The van der Waals surface area contributed by atoms with Crippen molar-refractivity contribution in [2.45, 2.75) is 44.1 Å². The molecule has 100 valence electrons. The Bertz CT molecular complexity index is 525. The average molecular weight is 258 g/mol. The molecule has 5 heteroatoms. The van der Waals surface area contributed by atoms with E-state index in [0.717, 1.165) is 18.4 Å². The number of rotatable bonds is 3. The van der Waals surface area contributed by atoms with Gasteiger partial charge >= 0.3 is 0 Å². The van der Waals surface area contributed by atoms with E-state index in [-0.39, 0.29) is 12.0 Å². The molecule has 2 aromatic heterocycles. The maximum atomic E-state index is 6.14.